The molecule has 0 fully saturated rings. The molecule has 0 atom stereocenters. The highest BCUT2D eigenvalue weighted by Gasteiger charge is 2.12. The number of benzene rings is 2. The normalized spacial score (nSPS) is 11.4. The van der Waals surface area contributed by atoms with Gasteiger partial charge in [0.05, 0.1) is 11.0 Å². The zero-order chi connectivity index (χ0) is 16.1. The Morgan fingerprint density at radius 3 is 2.35 bits per heavy atom. The highest BCUT2D eigenvalue weighted by atomic mass is 15.1. The van der Waals surface area contributed by atoms with E-state index in [2.05, 4.69) is 60.1 Å². The number of H-pyrrole nitrogens is 1. The van der Waals surface area contributed by atoms with Gasteiger partial charge in [-0.3, -0.25) is 4.90 Å². The van der Waals surface area contributed by atoms with Crippen LogP contribution in [0, 0.1) is 0 Å². The van der Waals surface area contributed by atoms with Crippen molar-refractivity contribution >= 4 is 11.0 Å². The van der Waals surface area contributed by atoms with E-state index in [9.17, 15) is 0 Å². The lowest BCUT2D eigenvalue weighted by Crippen LogP contribution is -2.25. The first-order valence-electron chi connectivity index (χ1n) is 8.57. The Labute approximate surface area is 138 Å². The largest absolute Gasteiger partial charge is 0.338 e. The number of aromatic amines is 1. The maximum Gasteiger partial charge on any atom is 0.138 e. The molecule has 0 radical (unpaired) electrons. The summed E-state index contributed by atoms with van der Waals surface area (Å²) in [4.78, 5) is 10.8. The Kier molecular flexibility index (Phi) is 5.09. The molecule has 0 unspecified atom stereocenters. The monoisotopic (exact) mass is 307 g/mol. The van der Waals surface area contributed by atoms with Crippen molar-refractivity contribution < 1.29 is 0 Å². The van der Waals surface area contributed by atoms with E-state index in [4.69, 9.17) is 4.98 Å². The van der Waals surface area contributed by atoms with Crippen molar-refractivity contribution in [3.63, 3.8) is 0 Å². The molecule has 120 valence electrons. The van der Waals surface area contributed by atoms with Crippen LogP contribution in [-0.4, -0.2) is 28.0 Å². The van der Waals surface area contributed by atoms with Crippen LogP contribution in [-0.2, 0) is 6.54 Å². The van der Waals surface area contributed by atoms with Crippen LogP contribution in [0.2, 0.25) is 0 Å². The van der Waals surface area contributed by atoms with Gasteiger partial charge in [-0.15, -0.1) is 0 Å². The fraction of sp³-hybridized carbons (Fsp3) is 0.350. The van der Waals surface area contributed by atoms with Gasteiger partial charge in [-0.05, 0) is 43.6 Å². The van der Waals surface area contributed by atoms with Crippen molar-refractivity contribution in [2.75, 3.05) is 13.1 Å². The van der Waals surface area contributed by atoms with Gasteiger partial charge in [0.2, 0.25) is 0 Å². The van der Waals surface area contributed by atoms with Crippen molar-refractivity contribution in [3.05, 3.63) is 54.1 Å². The molecule has 0 bridgehead atoms. The fourth-order valence-corrected chi connectivity index (χ4v) is 3.11. The lowest BCUT2D eigenvalue weighted by Gasteiger charge is -2.22. The van der Waals surface area contributed by atoms with E-state index >= 15 is 0 Å². The SMILES string of the molecule is CCCN(CCC)Cc1ccccc1-c1nc2ccccc2[nH]1. The minimum atomic E-state index is 0.967. The van der Waals surface area contributed by atoms with Crippen LogP contribution < -0.4 is 0 Å². The molecule has 0 saturated heterocycles. The molecule has 0 spiro atoms. The van der Waals surface area contributed by atoms with Gasteiger partial charge in [0.25, 0.3) is 0 Å². The highest BCUT2D eigenvalue weighted by Crippen LogP contribution is 2.25. The predicted octanol–water partition coefficient (Wildman–Crippen LogP) is 4.85. The van der Waals surface area contributed by atoms with Gasteiger partial charge < -0.3 is 4.98 Å². The smallest absolute Gasteiger partial charge is 0.138 e. The van der Waals surface area contributed by atoms with Gasteiger partial charge in [-0.2, -0.15) is 0 Å². The molecule has 3 heteroatoms. The third kappa shape index (κ3) is 3.62. The van der Waals surface area contributed by atoms with Crippen molar-refractivity contribution in [1.29, 1.82) is 0 Å². The van der Waals surface area contributed by atoms with Gasteiger partial charge in [0, 0.05) is 12.1 Å². The summed E-state index contributed by atoms with van der Waals surface area (Å²) in [6, 6.07) is 16.8. The number of aromatic nitrogens is 2. The van der Waals surface area contributed by atoms with Gasteiger partial charge in [0.1, 0.15) is 5.82 Å². The summed E-state index contributed by atoms with van der Waals surface area (Å²) in [5, 5.41) is 0. The molecule has 3 aromatic rings. The molecule has 1 N–H and O–H groups in total. The molecular formula is C20H25N3. The zero-order valence-corrected chi connectivity index (χ0v) is 14.0. The lowest BCUT2D eigenvalue weighted by atomic mass is 10.1. The van der Waals surface area contributed by atoms with Crippen LogP contribution in [0.5, 0.6) is 0 Å². The molecule has 1 heterocycles. The Morgan fingerprint density at radius 2 is 1.61 bits per heavy atom. The van der Waals surface area contributed by atoms with Crippen LogP contribution in [0.1, 0.15) is 32.3 Å². The molecule has 0 aliphatic rings. The Bertz CT molecular complexity index is 721. The van der Waals surface area contributed by atoms with Crippen molar-refractivity contribution in [2.45, 2.75) is 33.2 Å². The second-order valence-corrected chi connectivity index (χ2v) is 6.04. The zero-order valence-electron chi connectivity index (χ0n) is 14.0. The standard InChI is InChI=1S/C20H25N3/c1-3-13-23(14-4-2)15-16-9-5-6-10-17(16)20-21-18-11-7-8-12-19(18)22-20/h5-12H,3-4,13-15H2,1-2H3,(H,21,22). The summed E-state index contributed by atoms with van der Waals surface area (Å²) in [6.45, 7) is 7.75. The first kappa shape index (κ1) is 15.8. The molecule has 3 rings (SSSR count). The topological polar surface area (TPSA) is 31.9 Å². The van der Waals surface area contributed by atoms with Crippen molar-refractivity contribution in [1.82, 2.24) is 14.9 Å². The highest BCUT2D eigenvalue weighted by molar-refractivity contribution is 5.79. The number of rotatable bonds is 7. The van der Waals surface area contributed by atoms with Gasteiger partial charge in [0.15, 0.2) is 0 Å². The molecule has 1 aromatic heterocycles. The molecule has 23 heavy (non-hydrogen) atoms. The van der Waals surface area contributed by atoms with Crippen LogP contribution in [0.25, 0.3) is 22.4 Å². The number of imidazole rings is 1. The number of fused-ring (bicyclic) bond motifs is 1. The number of nitrogens with one attached hydrogen (secondary N) is 1. The van der Waals surface area contributed by atoms with E-state index in [0.29, 0.717) is 0 Å². The summed E-state index contributed by atoms with van der Waals surface area (Å²) < 4.78 is 0. The minimum absolute atomic E-state index is 0.967. The minimum Gasteiger partial charge on any atom is -0.338 e. The maximum absolute atomic E-state index is 4.77. The van der Waals surface area contributed by atoms with E-state index in [0.717, 1.165) is 36.5 Å². The molecule has 2 aromatic carbocycles. The van der Waals surface area contributed by atoms with E-state index in [-0.39, 0.29) is 0 Å². The van der Waals surface area contributed by atoms with E-state index < -0.39 is 0 Å². The maximum atomic E-state index is 4.77. The van der Waals surface area contributed by atoms with Crippen LogP contribution >= 0.6 is 0 Å². The summed E-state index contributed by atoms with van der Waals surface area (Å²) in [5.41, 5.74) is 4.67. The summed E-state index contributed by atoms with van der Waals surface area (Å²) in [5.74, 6) is 0.967. The molecule has 0 saturated carbocycles. The second kappa shape index (κ2) is 7.42. The van der Waals surface area contributed by atoms with Gasteiger partial charge >= 0.3 is 0 Å². The molecule has 0 amide bonds. The molecule has 0 aliphatic heterocycles. The number of para-hydroxylation sites is 2. The molecule has 0 aliphatic carbocycles. The summed E-state index contributed by atoms with van der Waals surface area (Å²) in [7, 11) is 0. The van der Waals surface area contributed by atoms with Crippen molar-refractivity contribution in [3.8, 4) is 11.4 Å². The summed E-state index contributed by atoms with van der Waals surface area (Å²) >= 11 is 0. The van der Waals surface area contributed by atoms with E-state index in [1.807, 2.05) is 12.1 Å². The quantitative estimate of drug-likeness (QED) is 0.676. The lowest BCUT2D eigenvalue weighted by molar-refractivity contribution is 0.267. The van der Waals surface area contributed by atoms with Crippen LogP contribution in [0.3, 0.4) is 0 Å². The first-order valence-corrected chi connectivity index (χ1v) is 8.57. The number of hydrogen-bond donors (Lipinski definition) is 1. The van der Waals surface area contributed by atoms with E-state index in [1.165, 1.54) is 24.0 Å². The number of hydrogen-bond acceptors (Lipinski definition) is 2. The van der Waals surface area contributed by atoms with Crippen molar-refractivity contribution in [2.24, 2.45) is 0 Å². The third-order valence-electron chi connectivity index (χ3n) is 4.14. The van der Waals surface area contributed by atoms with Crippen LogP contribution in [0.4, 0.5) is 0 Å². The molecule has 3 nitrogen and oxygen atoms in total. The summed E-state index contributed by atoms with van der Waals surface area (Å²) in [6.07, 6.45) is 2.37. The fourth-order valence-electron chi connectivity index (χ4n) is 3.11. The van der Waals surface area contributed by atoms with Gasteiger partial charge in [-0.25, -0.2) is 4.98 Å². The van der Waals surface area contributed by atoms with E-state index in [1.54, 1.807) is 0 Å². The predicted molar refractivity (Wildman–Crippen MR) is 97.4 cm³/mol. The second-order valence-electron chi connectivity index (χ2n) is 6.04. The Balaban J connectivity index is 1.93. The van der Waals surface area contributed by atoms with Crippen LogP contribution in [0.15, 0.2) is 48.5 Å². The van der Waals surface area contributed by atoms with Gasteiger partial charge in [-0.1, -0.05) is 50.2 Å². The Hall–Kier alpha value is -2.13. The third-order valence-corrected chi connectivity index (χ3v) is 4.14. The molecular weight excluding hydrogens is 282 g/mol. The average Bonchev–Trinajstić information content (AvgIpc) is 2.99. The Morgan fingerprint density at radius 1 is 0.913 bits per heavy atom. The number of nitrogens with zero attached hydrogens (tertiary/aromatic N) is 2. The average molecular weight is 307 g/mol. The first-order chi connectivity index (χ1) is 11.3.